The molecule has 0 N–H and O–H groups in total. The summed E-state index contributed by atoms with van der Waals surface area (Å²) in [5.41, 5.74) is 0.608. The Morgan fingerprint density at radius 2 is 1.95 bits per heavy atom. The number of nitro groups is 1. The van der Waals surface area contributed by atoms with E-state index < -0.39 is 4.92 Å². The molecule has 3 rings (SSSR count). The highest BCUT2D eigenvalue weighted by Gasteiger charge is 2.11. The van der Waals surface area contributed by atoms with Gasteiger partial charge in [0.25, 0.3) is 5.69 Å². The van der Waals surface area contributed by atoms with E-state index >= 15 is 0 Å². The molecule has 6 heteroatoms. The first-order valence-electron chi connectivity index (χ1n) is 6.15. The largest absolute Gasteiger partial charge is 0.288 e. The van der Waals surface area contributed by atoms with Gasteiger partial charge in [-0.1, -0.05) is 11.6 Å². The smallest absolute Gasteiger partial charge is 0.287 e. The van der Waals surface area contributed by atoms with Gasteiger partial charge in [0, 0.05) is 21.9 Å². The number of rotatable bonds is 1. The number of fused-ring (bicyclic) bond motifs is 2. The first-order chi connectivity index (χ1) is 9.97. The molecule has 0 aliphatic rings. The molecule has 0 spiro atoms. The van der Waals surface area contributed by atoms with E-state index in [0.717, 1.165) is 11.8 Å². The van der Waals surface area contributed by atoms with Gasteiger partial charge >= 0.3 is 0 Å². The van der Waals surface area contributed by atoms with Gasteiger partial charge in [-0.15, -0.1) is 0 Å². The maximum Gasteiger partial charge on any atom is 0.288 e. The van der Waals surface area contributed by atoms with E-state index in [1.807, 2.05) is 6.92 Å². The molecular weight excluding hydrogens is 292 g/mol. The fourth-order valence-corrected chi connectivity index (χ4v) is 2.52. The van der Waals surface area contributed by atoms with Crippen LogP contribution in [0.15, 0.2) is 41.3 Å². The summed E-state index contributed by atoms with van der Waals surface area (Å²) in [5.74, 6) is 0. The van der Waals surface area contributed by atoms with E-state index in [1.165, 1.54) is 6.07 Å². The zero-order valence-electron chi connectivity index (χ0n) is 11.0. The monoisotopic (exact) mass is 300 g/mol. The van der Waals surface area contributed by atoms with Crippen LogP contribution >= 0.6 is 11.6 Å². The quantitative estimate of drug-likeness (QED) is 0.508. The third-order valence-electron chi connectivity index (χ3n) is 3.35. The van der Waals surface area contributed by atoms with E-state index in [0.29, 0.717) is 21.2 Å². The van der Waals surface area contributed by atoms with Crippen LogP contribution in [0.25, 0.3) is 21.7 Å². The van der Waals surface area contributed by atoms with Gasteiger partial charge in [-0.3, -0.25) is 14.9 Å². The number of benzene rings is 1. The Morgan fingerprint density at radius 1 is 1.19 bits per heavy atom. The van der Waals surface area contributed by atoms with E-state index in [2.05, 4.69) is 4.98 Å². The van der Waals surface area contributed by atoms with Crippen LogP contribution < -0.4 is 5.43 Å². The third kappa shape index (κ3) is 2.21. The Bertz CT molecular complexity index is 970. The van der Waals surface area contributed by atoms with Crippen molar-refractivity contribution in [3.05, 3.63) is 67.5 Å². The van der Waals surface area contributed by atoms with Crippen molar-refractivity contribution in [2.45, 2.75) is 6.92 Å². The van der Waals surface area contributed by atoms with Crippen LogP contribution in [-0.4, -0.2) is 9.91 Å². The number of aryl methyl sites for hydroxylation is 1. The number of aromatic nitrogens is 1. The molecule has 1 aromatic heterocycles. The standard InChI is InChI=1S/C15H9ClN2O3/c1-8-4-9-5-11(18(20)21)7-17-14(9)15(19)12-3-2-10(16)6-13(8)12/h2-7H,1H3. The first kappa shape index (κ1) is 13.5. The van der Waals surface area contributed by atoms with Gasteiger partial charge in [0.05, 0.1) is 4.92 Å². The Kier molecular flexibility index (Phi) is 3.07. The maximum absolute atomic E-state index is 12.6. The number of hydrogen-bond acceptors (Lipinski definition) is 4. The molecule has 2 aromatic carbocycles. The molecule has 0 saturated carbocycles. The summed E-state index contributed by atoms with van der Waals surface area (Å²) in [7, 11) is 0. The van der Waals surface area contributed by atoms with Crippen molar-refractivity contribution in [3.8, 4) is 0 Å². The van der Waals surface area contributed by atoms with Crippen molar-refractivity contribution in [1.29, 1.82) is 0 Å². The second-order valence-corrected chi connectivity index (χ2v) is 5.17. The SMILES string of the molecule is Cc1cc2cc([N+](=O)[O-])cnc2c(=O)c2ccc(Cl)cc12. The summed E-state index contributed by atoms with van der Waals surface area (Å²) in [6, 6.07) is 8.07. The van der Waals surface area contributed by atoms with Gasteiger partial charge in [0.15, 0.2) is 0 Å². The summed E-state index contributed by atoms with van der Waals surface area (Å²) >= 11 is 5.98. The highest BCUT2D eigenvalue weighted by molar-refractivity contribution is 6.31. The van der Waals surface area contributed by atoms with Gasteiger partial charge in [-0.05, 0) is 42.1 Å². The number of pyridine rings is 1. The van der Waals surface area contributed by atoms with Gasteiger partial charge in [-0.2, -0.15) is 0 Å². The molecule has 0 atom stereocenters. The normalized spacial score (nSPS) is 11.0. The molecular formula is C15H9ClN2O3. The lowest BCUT2D eigenvalue weighted by atomic mass is 10.1. The Balaban J connectivity index is 2.56. The highest BCUT2D eigenvalue weighted by Crippen LogP contribution is 2.23. The molecule has 3 aromatic rings. The van der Waals surface area contributed by atoms with Gasteiger partial charge < -0.3 is 0 Å². The van der Waals surface area contributed by atoms with Crippen molar-refractivity contribution >= 4 is 39.0 Å². The predicted molar refractivity (Wildman–Crippen MR) is 81.9 cm³/mol. The minimum Gasteiger partial charge on any atom is -0.287 e. The van der Waals surface area contributed by atoms with Gasteiger partial charge in [0.2, 0.25) is 5.43 Å². The molecule has 0 saturated heterocycles. The second-order valence-electron chi connectivity index (χ2n) is 4.73. The lowest BCUT2D eigenvalue weighted by Gasteiger charge is -1.96. The Hall–Kier alpha value is -2.53. The van der Waals surface area contributed by atoms with E-state index in [-0.39, 0.29) is 16.6 Å². The molecule has 0 aliphatic carbocycles. The van der Waals surface area contributed by atoms with Crippen molar-refractivity contribution < 1.29 is 4.92 Å². The lowest BCUT2D eigenvalue weighted by Crippen LogP contribution is -2.01. The van der Waals surface area contributed by atoms with Gasteiger partial charge in [0.1, 0.15) is 11.7 Å². The Labute approximate surface area is 124 Å². The minimum absolute atomic E-state index is 0.144. The number of nitrogens with zero attached hydrogens (tertiary/aromatic N) is 2. The molecule has 0 amide bonds. The highest BCUT2D eigenvalue weighted by atomic mass is 35.5. The summed E-state index contributed by atoms with van der Waals surface area (Å²) in [4.78, 5) is 26.8. The zero-order chi connectivity index (χ0) is 15.1. The van der Waals surface area contributed by atoms with Crippen LogP contribution in [0.2, 0.25) is 5.02 Å². The maximum atomic E-state index is 12.6. The van der Waals surface area contributed by atoms with E-state index in [1.54, 1.807) is 24.3 Å². The first-order valence-corrected chi connectivity index (χ1v) is 6.52. The van der Waals surface area contributed by atoms with Crippen molar-refractivity contribution in [2.75, 3.05) is 0 Å². The van der Waals surface area contributed by atoms with Crippen LogP contribution in [0.5, 0.6) is 0 Å². The minimum atomic E-state index is -0.532. The topological polar surface area (TPSA) is 73.1 Å². The molecule has 0 unspecified atom stereocenters. The van der Waals surface area contributed by atoms with Crippen LogP contribution in [0.4, 0.5) is 5.69 Å². The lowest BCUT2D eigenvalue weighted by molar-refractivity contribution is -0.385. The molecule has 0 bridgehead atoms. The van der Waals surface area contributed by atoms with Crippen LogP contribution in [-0.2, 0) is 0 Å². The van der Waals surface area contributed by atoms with E-state index in [9.17, 15) is 14.9 Å². The van der Waals surface area contributed by atoms with Crippen molar-refractivity contribution in [3.63, 3.8) is 0 Å². The fraction of sp³-hybridized carbons (Fsp3) is 0.0667. The summed E-state index contributed by atoms with van der Waals surface area (Å²) in [6.45, 7) is 1.83. The Morgan fingerprint density at radius 3 is 2.67 bits per heavy atom. The molecule has 0 aliphatic heterocycles. The third-order valence-corrected chi connectivity index (χ3v) is 3.59. The molecule has 21 heavy (non-hydrogen) atoms. The van der Waals surface area contributed by atoms with Crippen LogP contribution in [0.3, 0.4) is 0 Å². The summed E-state index contributed by atoms with van der Waals surface area (Å²) in [6.07, 6.45) is 1.10. The van der Waals surface area contributed by atoms with Gasteiger partial charge in [-0.25, -0.2) is 4.98 Å². The zero-order valence-corrected chi connectivity index (χ0v) is 11.7. The average molecular weight is 301 g/mol. The van der Waals surface area contributed by atoms with Crippen molar-refractivity contribution in [1.82, 2.24) is 4.98 Å². The fourth-order valence-electron chi connectivity index (χ4n) is 2.35. The summed E-state index contributed by atoms with van der Waals surface area (Å²) in [5, 5.41) is 13.0. The summed E-state index contributed by atoms with van der Waals surface area (Å²) < 4.78 is 0. The molecule has 104 valence electrons. The molecule has 1 heterocycles. The van der Waals surface area contributed by atoms with E-state index in [4.69, 9.17) is 11.6 Å². The number of hydrogen-bond donors (Lipinski definition) is 0. The van der Waals surface area contributed by atoms with Crippen molar-refractivity contribution in [2.24, 2.45) is 0 Å². The second kappa shape index (κ2) is 4.79. The number of halogens is 1. The van der Waals surface area contributed by atoms with Crippen LogP contribution in [0.1, 0.15) is 5.56 Å². The van der Waals surface area contributed by atoms with Crippen LogP contribution in [0, 0.1) is 17.0 Å². The molecule has 0 radical (unpaired) electrons. The molecule has 0 fully saturated rings. The average Bonchev–Trinajstić information content (AvgIpc) is 2.55. The predicted octanol–water partition coefficient (Wildman–Crippen LogP) is 3.62. The molecule has 5 nitrogen and oxygen atoms in total.